The highest BCUT2D eigenvalue weighted by Gasteiger charge is 2.14. The minimum Gasteiger partial charge on any atom is -0.452 e. The van der Waals surface area contributed by atoms with Crippen LogP contribution in [0.2, 0.25) is 0 Å². The number of aromatic nitrogens is 1. The van der Waals surface area contributed by atoms with Crippen molar-refractivity contribution in [3.05, 3.63) is 70.0 Å². The number of hydrogen-bond acceptors (Lipinski definition) is 5. The van der Waals surface area contributed by atoms with Crippen LogP contribution in [-0.2, 0) is 9.53 Å². The van der Waals surface area contributed by atoms with Crippen LogP contribution in [-0.4, -0.2) is 23.5 Å². The van der Waals surface area contributed by atoms with Crippen LogP contribution >= 0.6 is 27.3 Å². The highest BCUT2D eigenvalue weighted by Crippen LogP contribution is 2.24. The van der Waals surface area contributed by atoms with Crippen LogP contribution in [0.4, 0.5) is 5.13 Å². The van der Waals surface area contributed by atoms with Crippen molar-refractivity contribution in [3.63, 3.8) is 0 Å². The molecular formula is C18H13BrN2O3S. The van der Waals surface area contributed by atoms with E-state index in [9.17, 15) is 9.59 Å². The van der Waals surface area contributed by atoms with Gasteiger partial charge in [0, 0.05) is 15.4 Å². The molecule has 0 fully saturated rings. The summed E-state index contributed by atoms with van der Waals surface area (Å²) in [5, 5.41) is 4.95. The molecule has 0 saturated carbocycles. The molecule has 2 aromatic carbocycles. The van der Waals surface area contributed by atoms with E-state index in [1.807, 2.05) is 35.7 Å². The Morgan fingerprint density at radius 3 is 2.56 bits per heavy atom. The highest BCUT2D eigenvalue weighted by molar-refractivity contribution is 9.10. The fourth-order valence-electron chi connectivity index (χ4n) is 2.06. The van der Waals surface area contributed by atoms with Crippen molar-refractivity contribution < 1.29 is 14.3 Å². The number of rotatable bonds is 5. The lowest BCUT2D eigenvalue weighted by atomic mass is 10.2. The number of thiazole rings is 1. The molecule has 0 bridgehead atoms. The van der Waals surface area contributed by atoms with E-state index >= 15 is 0 Å². The number of halogens is 1. The predicted octanol–water partition coefficient (Wildman–Crippen LogP) is 4.37. The van der Waals surface area contributed by atoms with Gasteiger partial charge >= 0.3 is 5.97 Å². The van der Waals surface area contributed by atoms with E-state index in [-0.39, 0.29) is 6.61 Å². The standard InChI is InChI=1S/C18H13BrN2O3S/c19-14-9-5-4-8-13(14)17(23)24-10-16(22)21-18-20-15(11-25-18)12-6-2-1-3-7-12/h1-9,11H,10H2,(H,20,21,22). The molecule has 0 radical (unpaired) electrons. The van der Waals surface area contributed by atoms with Crippen LogP contribution in [0.3, 0.4) is 0 Å². The van der Waals surface area contributed by atoms with Crippen molar-refractivity contribution in [2.45, 2.75) is 0 Å². The molecule has 0 aliphatic heterocycles. The lowest BCUT2D eigenvalue weighted by Crippen LogP contribution is -2.21. The molecule has 1 heterocycles. The summed E-state index contributed by atoms with van der Waals surface area (Å²) in [5.74, 6) is -0.999. The fourth-order valence-corrected chi connectivity index (χ4v) is 3.25. The first-order valence-electron chi connectivity index (χ1n) is 7.36. The molecule has 0 spiro atoms. The van der Waals surface area contributed by atoms with Crippen LogP contribution in [0.5, 0.6) is 0 Å². The van der Waals surface area contributed by atoms with Crippen molar-refractivity contribution in [1.82, 2.24) is 4.98 Å². The van der Waals surface area contributed by atoms with E-state index < -0.39 is 11.9 Å². The zero-order valence-electron chi connectivity index (χ0n) is 12.9. The second-order valence-electron chi connectivity index (χ2n) is 5.01. The Labute approximate surface area is 156 Å². The fraction of sp³-hybridized carbons (Fsp3) is 0.0556. The number of benzene rings is 2. The molecule has 5 nitrogen and oxygen atoms in total. The maximum atomic E-state index is 12.0. The third-order valence-corrected chi connectivity index (χ3v) is 4.70. The maximum absolute atomic E-state index is 12.0. The van der Waals surface area contributed by atoms with Gasteiger partial charge in [-0.25, -0.2) is 9.78 Å². The molecule has 0 saturated heterocycles. The molecule has 25 heavy (non-hydrogen) atoms. The molecule has 1 aromatic heterocycles. The number of anilines is 1. The van der Waals surface area contributed by atoms with Gasteiger partial charge in [-0.2, -0.15) is 0 Å². The largest absolute Gasteiger partial charge is 0.452 e. The van der Waals surface area contributed by atoms with E-state index in [1.54, 1.807) is 24.3 Å². The summed E-state index contributed by atoms with van der Waals surface area (Å²) < 4.78 is 5.65. The third-order valence-electron chi connectivity index (χ3n) is 3.25. The first kappa shape index (κ1) is 17.3. The number of ether oxygens (including phenoxy) is 1. The van der Waals surface area contributed by atoms with E-state index in [4.69, 9.17) is 4.74 Å². The first-order valence-corrected chi connectivity index (χ1v) is 9.03. The summed E-state index contributed by atoms with van der Waals surface area (Å²) in [6.07, 6.45) is 0. The first-order chi connectivity index (χ1) is 12.1. The van der Waals surface area contributed by atoms with Gasteiger partial charge in [0.05, 0.1) is 11.3 Å². The number of carbonyl (C=O) groups is 2. The number of esters is 1. The van der Waals surface area contributed by atoms with Crippen molar-refractivity contribution >= 4 is 44.3 Å². The van der Waals surface area contributed by atoms with Crippen LogP contribution in [0, 0.1) is 0 Å². The van der Waals surface area contributed by atoms with Crippen molar-refractivity contribution in [3.8, 4) is 11.3 Å². The van der Waals surface area contributed by atoms with Crippen molar-refractivity contribution in [1.29, 1.82) is 0 Å². The summed E-state index contributed by atoms with van der Waals surface area (Å²) in [6, 6.07) is 16.5. The molecule has 1 amide bonds. The topological polar surface area (TPSA) is 68.3 Å². The molecule has 7 heteroatoms. The quantitative estimate of drug-likeness (QED) is 0.627. The Kier molecular flexibility index (Phi) is 5.57. The second-order valence-corrected chi connectivity index (χ2v) is 6.72. The zero-order valence-corrected chi connectivity index (χ0v) is 15.3. The monoisotopic (exact) mass is 416 g/mol. The maximum Gasteiger partial charge on any atom is 0.339 e. The van der Waals surface area contributed by atoms with Gasteiger partial charge in [0.1, 0.15) is 0 Å². The normalized spacial score (nSPS) is 10.3. The molecule has 3 aromatic rings. The smallest absolute Gasteiger partial charge is 0.339 e. The van der Waals surface area contributed by atoms with Crippen LogP contribution < -0.4 is 5.32 Å². The Hall–Kier alpha value is -2.51. The number of carbonyl (C=O) groups excluding carboxylic acids is 2. The minimum atomic E-state index is -0.563. The lowest BCUT2D eigenvalue weighted by molar-refractivity contribution is -0.119. The van der Waals surface area contributed by atoms with Crippen molar-refractivity contribution in [2.24, 2.45) is 0 Å². The van der Waals surface area contributed by atoms with Crippen LogP contribution in [0.25, 0.3) is 11.3 Å². The molecule has 0 unspecified atom stereocenters. The Bertz CT molecular complexity index is 896. The number of amides is 1. The highest BCUT2D eigenvalue weighted by atomic mass is 79.9. The molecule has 0 aliphatic rings. The summed E-state index contributed by atoms with van der Waals surface area (Å²) in [4.78, 5) is 28.3. The zero-order chi connectivity index (χ0) is 17.6. The second kappa shape index (κ2) is 8.04. The predicted molar refractivity (Wildman–Crippen MR) is 101 cm³/mol. The van der Waals surface area contributed by atoms with Gasteiger partial charge in [0.2, 0.25) is 0 Å². The van der Waals surface area contributed by atoms with Gasteiger partial charge in [-0.1, -0.05) is 42.5 Å². The average Bonchev–Trinajstić information content (AvgIpc) is 3.09. The summed E-state index contributed by atoms with van der Waals surface area (Å²) in [6.45, 7) is -0.375. The Morgan fingerprint density at radius 2 is 1.80 bits per heavy atom. The molecule has 0 atom stereocenters. The van der Waals surface area contributed by atoms with Gasteiger partial charge in [-0.15, -0.1) is 11.3 Å². The molecule has 1 N–H and O–H groups in total. The average molecular weight is 417 g/mol. The van der Waals surface area contributed by atoms with Gasteiger partial charge in [-0.3, -0.25) is 10.1 Å². The van der Waals surface area contributed by atoms with E-state index in [1.165, 1.54) is 11.3 Å². The molecule has 0 aliphatic carbocycles. The van der Waals surface area contributed by atoms with Crippen LogP contribution in [0.15, 0.2) is 64.5 Å². The summed E-state index contributed by atoms with van der Waals surface area (Å²) >= 11 is 4.59. The van der Waals surface area contributed by atoms with E-state index in [0.717, 1.165) is 11.3 Å². The van der Waals surface area contributed by atoms with Crippen LogP contribution in [0.1, 0.15) is 10.4 Å². The van der Waals surface area contributed by atoms with Gasteiger partial charge < -0.3 is 4.74 Å². The summed E-state index contributed by atoms with van der Waals surface area (Å²) in [5.41, 5.74) is 2.13. The number of hydrogen-bond donors (Lipinski definition) is 1. The minimum absolute atomic E-state index is 0.371. The Morgan fingerprint density at radius 1 is 1.08 bits per heavy atom. The van der Waals surface area contributed by atoms with Gasteiger partial charge in [-0.05, 0) is 28.1 Å². The van der Waals surface area contributed by atoms with Crippen molar-refractivity contribution in [2.75, 3.05) is 11.9 Å². The molecule has 3 rings (SSSR count). The lowest BCUT2D eigenvalue weighted by Gasteiger charge is -2.06. The van der Waals surface area contributed by atoms with Gasteiger partial charge in [0.25, 0.3) is 5.91 Å². The summed E-state index contributed by atoms with van der Waals surface area (Å²) in [7, 11) is 0. The van der Waals surface area contributed by atoms with E-state index in [0.29, 0.717) is 15.2 Å². The number of nitrogens with zero attached hydrogens (tertiary/aromatic N) is 1. The SMILES string of the molecule is O=C(COC(=O)c1ccccc1Br)Nc1nc(-c2ccccc2)cs1. The van der Waals surface area contributed by atoms with Gasteiger partial charge in [0.15, 0.2) is 11.7 Å². The number of nitrogens with one attached hydrogen (secondary N) is 1. The Balaban J connectivity index is 1.56. The van der Waals surface area contributed by atoms with E-state index in [2.05, 4.69) is 26.2 Å². The third kappa shape index (κ3) is 4.52. The molecule has 126 valence electrons. The molecular weight excluding hydrogens is 404 g/mol.